The van der Waals surface area contributed by atoms with Gasteiger partial charge in [-0.05, 0) is 31.9 Å². The quantitative estimate of drug-likeness (QED) is 0.927. The molecule has 1 aromatic heterocycles. The number of carbonyl (C=O) groups excluding carboxylic acids is 2. The van der Waals surface area contributed by atoms with E-state index in [4.69, 9.17) is 5.73 Å². The molecule has 5 nitrogen and oxygen atoms in total. The van der Waals surface area contributed by atoms with Crippen LogP contribution in [0.5, 0.6) is 0 Å². The topological polar surface area (TPSA) is 76.3 Å². The van der Waals surface area contributed by atoms with Crippen LogP contribution in [0.1, 0.15) is 29.4 Å². The molecule has 7 heteroatoms. The summed E-state index contributed by atoms with van der Waals surface area (Å²) in [6, 6.07) is 6.37. The van der Waals surface area contributed by atoms with Gasteiger partial charge in [-0.1, -0.05) is 12.1 Å². The molecule has 126 valence electrons. The fourth-order valence-electron chi connectivity index (χ4n) is 2.90. The second-order valence-corrected chi connectivity index (χ2v) is 7.02. The number of piperidine rings is 1. The Morgan fingerprint density at radius 1 is 1.33 bits per heavy atom. The van der Waals surface area contributed by atoms with Crippen molar-refractivity contribution in [2.24, 2.45) is 11.7 Å². The molecule has 1 aliphatic rings. The average Bonchev–Trinajstić information content (AvgIpc) is 3.04. The summed E-state index contributed by atoms with van der Waals surface area (Å²) >= 11 is 1.16. The zero-order valence-electron chi connectivity index (χ0n) is 13.2. The number of rotatable bonds is 3. The van der Waals surface area contributed by atoms with Gasteiger partial charge in [0.25, 0.3) is 5.91 Å². The first-order valence-corrected chi connectivity index (χ1v) is 8.60. The van der Waals surface area contributed by atoms with Gasteiger partial charge < -0.3 is 10.6 Å². The van der Waals surface area contributed by atoms with Gasteiger partial charge in [-0.2, -0.15) is 0 Å². The Labute approximate surface area is 143 Å². The lowest BCUT2D eigenvalue weighted by atomic mass is 9.93. The van der Waals surface area contributed by atoms with Crippen LogP contribution in [0.2, 0.25) is 0 Å². The zero-order chi connectivity index (χ0) is 17.3. The van der Waals surface area contributed by atoms with Crippen LogP contribution in [0.4, 0.5) is 4.39 Å². The molecule has 2 atom stereocenters. The highest BCUT2D eigenvalue weighted by atomic mass is 32.1. The van der Waals surface area contributed by atoms with E-state index in [1.54, 1.807) is 23.1 Å². The van der Waals surface area contributed by atoms with Gasteiger partial charge >= 0.3 is 0 Å². The molecule has 0 aliphatic carbocycles. The number of thiazole rings is 1. The van der Waals surface area contributed by atoms with Crippen molar-refractivity contribution in [3.63, 3.8) is 0 Å². The summed E-state index contributed by atoms with van der Waals surface area (Å²) in [7, 11) is 0. The Morgan fingerprint density at radius 3 is 2.79 bits per heavy atom. The highest BCUT2D eigenvalue weighted by Gasteiger charge is 2.32. The Morgan fingerprint density at radius 2 is 2.08 bits per heavy atom. The van der Waals surface area contributed by atoms with Crippen molar-refractivity contribution in [2.75, 3.05) is 6.54 Å². The molecule has 2 N–H and O–H groups in total. The van der Waals surface area contributed by atoms with Crippen molar-refractivity contribution >= 4 is 23.2 Å². The summed E-state index contributed by atoms with van der Waals surface area (Å²) in [5.74, 6) is -1.25. The highest BCUT2D eigenvalue weighted by molar-refractivity contribution is 7.16. The van der Waals surface area contributed by atoms with Crippen LogP contribution in [0.25, 0.3) is 10.6 Å². The van der Waals surface area contributed by atoms with Crippen LogP contribution in [-0.4, -0.2) is 34.3 Å². The molecule has 0 unspecified atom stereocenters. The predicted octanol–water partition coefficient (Wildman–Crippen LogP) is 2.68. The van der Waals surface area contributed by atoms with Crippen LogP contribution >= 0.6 is 11.3 Å². The number of aromatic nitrogens is 1. The van der Waals surface area contributed by atoms with Crippen molar-refractivity contribution in [2.45, 2.75) is 25.8 Å². The zero-order valence-corrected chi connectivity index (χ0v) is 14.1. The standard InChI is InChI=1S/C17H18FN3O2S/c1-10-6-7-11(15(19)22)9-21(10)17(23)14-8-20-16(24-14)12-4-2-3-5-13(12)18/h2-5,8,10-11H,6-7,9H2,1H3,(H2,19,22)/t10-,11+/m0/s1. The third-order valence-corrected chi connectivity index (χ3v) is 5.38. The summed E-state index contributed by atoms with van der Waals surface area (Å²) < 4.78 is 13.9. The average molecular weight is 347 g/mol. The van der Waals surface area contributed by atoms with E-state index in [-0.39, 0.29) is 29.6 Å². The lowest BCUT2D eigenvalue weighted by molar-refractivity contribution is -0.123. The fourth-order valence-corrected chi connectivity index (χ4v) is 3.80. The maximum atomic E-state index is 13.9. The molecule has 0 radical (unpaired) electrons. The number of carbonyl (C=O) groups is 2. The Kier molecular flexibility index (Phi) is 4.62. The lowest BCUT2D eigenvalue weighted by Gasteiger charge is -2.36. The summed E-state index contributed by atoms with van der Waals surface area (Å²) in [6.45, 7) is 2.27. The van der Waals surface area contributed by atoms with Gasteiger partial charge in [0.2, 0.25) is 5.91 Å². The van der Waals surface area contributed by atoms with E-state index in [0.29, 0.717) is 28.4 Å². The van der Waals surface area contributed by atoms with E-state index >= 15 is 0 Å². The minimum atomic E-state index is -0.379. The molecule has 1 fully saturated rings. The largest absolute Gasteiger partial charge is 0.369 e. The smallest absolute Gasteiger partial charge is 0.265 e. The first-order chi connectivity index (χ1) is 11.5. The number of hydrogen-bond donors (Lipinski definition) is 1. The van der Waals surface area contributed by atoms with Crippen molar-refractivity contribution in [3.8, 4) is 10.6 Å². The van der Waals surface area contributed by atoms with Crippen LogP contribution in [-0.2, 0) is 4.79 Å². The van der Waals surface area contributed by atoms with Crippen molar-refractivity contribution in [1.29, 1.82) is 0 Å². The molecule has 2 aromatic rings. The summed E-state index contributed by atoms with van der Waals surface area (Å²) in [4.78, 5) is 30.5. The number of primary amides is 1. The van der Waals surface area contributed by atoms with Crippen molar-refractivity contribution in [1.82, 2.24) is 9.88 Å². The molecule has 2 amide bonds. The van der Waals surface area contributed by atoms with Crippen LogP contribution in [0, 0.1) is 11.7 Å². The minimum Gasteiger partial charge on any atom is -0.369 e. The fraction of sp³-hybridized carbons (Fsp3) is 0.353. The van der Waals surface area contributed by atoms with Crippen LogP contribution < -0.4 is 5.73 Å². The summed E-state index contributed by atoms with van der Waals surface area (Å²) in [5, 5.41) is 0.465. The van der Waals surface area contributed by atoms with Crippen molar-refractivity contribution in [3.05, 3.63) is 41.2 Å². The molecule has 3 rings (SSSR count). The van der Waals surface area contributed by atoms with Gasteiger partial charge in [-0.3, -0.25) is 9.59 Å². The van der Waals surface area contributed by atoms with E-state index in [0.717, 1.165) is 17.8 Å². The Hall–Kier alpha value is -2.28. The second kappa shape index (κ2) is 6.68. The molecule has 1 aliphatic heterocycles. The molecule has 0 saturated carbocycles. The van der Waals surface area contributed by atoms with E-state index in [2.05, 4.69) is 4.98 Å². The molecule has 24 heavy (non-hydrogen) atoms. The van der Waals surface area contributed by atoms with Crippen LogP contribution in [0.3, 0.4) is 0 Å². The van der Waals surface area contributed by atoms with Gasteiger partial charge in [-0.15, -0.1) is 11.3 Å². The summed E-state index contributed by atoms with van der Waals surface area (Å²) in [6.07, 6.45) is 2.90. The van der Waals surface area contributed by atoms with Gasteiger partial charge in [0, 0.05) is 18.2 Å². The maximum absolute atomic E-state index is 13.9. The third kappa shape index (κ3) is 3.17. The number of benzene rings is 1. The van der Waals surface area contributed by atoms with E-state index in [1.165, 1.54) is 12.3 Å². The molecule has 0 bridgehead atoms. The third-order valence-electron chi connectivity index (χ3n) is 4.37. The highest BCUT2D eigenvalue weighted by Crippen LogP contribution is 2.30. The van der Waals surface area contributed by atoms with E-state index in [9.17, 15) is 14.0 Å². The van der Waals surface area contributed by atoms with Crippen LogP contribution in [0.15, 0.2) is 30.5 Å². The van der Waals surface area contributed by atoms with Gasteiger partial charge in [0.1, 0.15) is 15.7 Å². The molecule has 1 aromatic carbocycles. The molecule has 1 saturated heterocycles. The number of nitrogens with two attached hydrogens (primary N) is 1. The Balaban J connectivity index is 1.83. The number of hydrogen-bond acceptors (Lipinski definition) is 4. The van der Waals surface area contributed by atoms with E-state index < -0.39 is 0 Å². The monoisotopic (exact) mass is 347 g/mol. The predicted molar refractivity (Wildman–Crippen MR) is 89.9 cm³/mol. The lowest BCUT2D eigenvalue weighted by Crippen LogP contribution is -2.48. The van der Waals surface area contributed by atoms with Gasteiger partial charge in [0.05, 0.1) is 12.1 Å². The number of likely N-dealkylation sites (tertiary alicyclic amines) is 1. The minimum absolute atomic E-state index is 0.0344. The van der Waals surface area contributed by atoms with Crippen molar-refractivity contribution < 1.29 is 14.0 Å². The molecule has 0 spiro atoms. The van der Waals surface area contributed by atoms with E-state index in [1.807, 2.05) is 6.92 Å². The van der Waals surface area contributed by atoms with Gasteiger partial charge in [0.15, 0.2) is 0 Å². The second-order valence-electron chi connectivity index (χ2n) is 5.99. The SMILES string of the molecule is C[C@H]1CC[C@@H](C(N)=O)CN1C(=O)c1cnc(-c2ccccc2F)s1. The molecule has 2 heterocycles. The normalized spacial score (nSPS) is 20.8. The summed E-state index contributed by atoms with van der Waals surface area (Å²) in [5.41, 5.74) is 5.76. The first-order valence-electron chi connectivity index (χ1n) is 7.78. The Bertz CT molecular complexity index is 777. The molecular weight excluding hydrogens is 329 g/mol. The van der Waals surface area contributed by atoms with Gasteiger partial charge in [-0.25, -0.2) is 9.37 Å². The number of nitrogens with zero attached hydrogens (tertiary/aromatic N) is 2. The maximum Gasteiger partial charge on any atom is 0.265 e. The molecular formula is C17H18FN3O2S. The number of amides is 2. The first kappa shape index (κ1) is 16.6. The number of halogens is 1.